The molecule has 1 amide bonds. The molecule has 3 heterocycles. The van der Waals surface area contributed by atoms with Crippen molar-refractivity contribution >= 4 is 31.9 Å². The van der Waals surface area contributed by atoms with Crippen molar-refractivity contribution in [3.05, 3.63) is 29.3 Å². The quantitative estimate of drug-likeness (QED) is 0.670. The van der Waals surface area contributed by atoms with Crippen molar-refractivity contribution < 1.29 is 13.2 Å². The second kappa shape index (κ2) is 7.49. The highest BCUT2D eigenvalue weighted by Gasteiger charge is 2.32. The number of aryl methyl sites for hydroxylation is 1. The third kappa shape index (κ3) is 3.99. The number of aromatic nitrogens is 4. The molecule has 0 aromatic carbocycles. The average molecular weight is 445 g/mol. The van der Waals surface area contributed by atoms with Crippen LogP contribution in [0.15, 0.2) is 34.2 Å². The molecule has 9 nitrogen and oxygen atoms in total. The van der Waals surface area contributed by atoms with E-state index in [0.717, 1.165) is 4.47 Å². The average Bonchev–Trinajstić information content (AvgIpc) is 3.23. The normalized spacial score (nSPS) is 17.4. The van der Waals surface area contributed by atoms with E-state index < -0.39 is 10.0 Å². The van der Waals surface area contributed by atoms with Gasteiger partial charge in [-0.1, -0.05) is 6.92 Å². The molecule has 1 fully saturated rings. The first-order chi connectivity index (χ1) is 12.3. The van der Waals surface area contributed by atoms with Gasteiger partial charge in [-0.05, 0) is 15.9 Å². The smallest absolute Gasteiger partial charge is 0.246 e. The zero-order chi connectivity index (χ0) is 18.9. The molecule has 142 valence electrons. The zero-order valence-electron chi connectivity index (χ0n) is 14.6. The van der Waals surface area contributed by atoms with E-state index in [4.69, 9.17) is 0 Å². The number of hydrogen-bond donors (Lipinski definition) is 0. The van der Waals surface area contributed by atoms with Crippen molar-refractivity contribution in [2.45, 2.75) is 18.4 Å². The number of halogens is 1. The number of carbonyl (C=O) groups is 1. The van der Waals surface area contributed by atoms with Crippen LogP contribution in [0.3, 0.4) is 0 Å². The van der Waals surface area contributed by atoms with Crippen LogP contribution in [0.4, 0.5) is 0 Å². The molecular weight excluding hydrogens is 424 g/mol. The van der Waals surface area contributed by atoms with Crippen LogP contribution < -0.4 is 0 Å². The molecule has 0 radical (unpaired) electrons. The monoisotopic (exact) mass is 444 g/mol. The highest BCUT2D eigenvalue weighted by molar-refractivity contribution is 9.10. The number of sulfonamides is 1. The summed E-state index contributed by atoms with van der Waals surface area (Å²) in [6.07, 6.45) is 6.33. The summed E-state index contributed by atoms with van der Waals surface area (Å²) in [5, 5.41) is 8.09. The van der Waals surface area contributed by atoms with E-state index in [1.54, 1.807) is 22.8 Å². The topological polar surface area (TPSA) is 93.3 Å². The largest absolute Gasteiger partial charge is 0.340 e. The summed E-state index contributed by atoms with van der Waals surface area (Å²) < 4.78 is 30.7. The number of amides is 1. The molecular formula is C15H21BrN6O3S. The van der Waals surface area contributed by atoms with Crippen molar-refractivity contribution in [3.63, 3.8) is 0 Å². The number of piperazine rings is 1. The summed E-state index contributed by atoms with van der Waals surface area (Å²) in [5.41, 5.74) is 0. The van der Waals surface area contributed by atoms with E-state index >= 15 is 0 Å². The summed E-state index contributed by atoms with van der Waals surface area (Å²) in [6, 6.07) is 0. The minimum atomic E-state index is -3.56. The molecule has 1 atom stereocenters. The van der Waals surface area contributed by atoms with Gasteiger partial charge in [0.25, 0.3) is 0 Å². The van der Waals surface area contributed by atoms with Gasteiger partial charge < -0.3 is 4.90 Å². The molecule has 2 aromatic rings. The summed E-state index contributed by atoms with van der Waals surface area (Å²) in [5.74, 6) is -0.224. The first-order valence-electron chi connectivity index (χ1n) is 8.23. The van der Waals surface area contributed by atoms with Crippen LogP contribution in [0.5, 0.6) is 0 Å². The predicted octanol–water partition coefficient (Wildman–Crippen LogP) is 0.548. The molecule has 1 aliphatic heterocycles. The number of hydrogen-bond acceptors (Lipinski definition) is 5. The maximum Gasteiger partial charge on any atom is 0.246 e. The molecule has 0 bridgehead atoms. The molecule has 0 saturated carbocycles. The molecule has 11 heteroatoms. The molecule has 26 heavy (non-hydrogen) atoms. The fraction of sp³-hybridized carbons (Fsp3) is 0.533. The fourth-order valence-corrected chi connectivity index (χ4v) is 4.67. The van der Waals surface area contributed by atoms with Crippen molar-refractivity contribution in [1.82, 2.24) is 28.8 Å². The van der Waals surface area contributed by atoms with Gasteiger partial charge in [0.15, 0.2) is 0 Å². The van der Waals surface area contributed by atoms with E-state index in [1.807, 2.05) is 13.1 Å². The Morgan fingerprint density at radius 2 is 1.88 bits per heavy atom. The molecule has 1 unspecified atom stereocenters. The van der Waals surface area contributed by atoms with Crippen molar-refractivity contribution in [3.8, 4) is 0 Å². The maximum atomic E-state index is 12.6. The lowest BCUT2D eigenvalue weighted by Crippen LogP contribution is -2.51. The summed E-state index contributed by atoms with van der Waals surface area (Å²) in [6.45, 7) is 3.66. The van der Waals surface area contributed by atoms with Crippen molar-refractivity contribution in [2.24, 2.45) is 13.0 Å². The Morgan fingerprint density at radius 3 is 2.42 bits per heavy atom. The third-order valence-corrected chi connectivity index (χ3v) is 6.61. The van der Waals surface area contributed by atoms with E-state index in [9.17, 15) is 13.2 Å². The molecule has 0 aliphatic carbocycles. The van der Waals surface area contributed by atoms with Crippen LogP contribution in [-0.4, -0.2) is 69.3 Å². The van der Waals surface area contributed by atoms with Gasteiger partial charge in [-0.3, -0.25) is 14.2 Å². The molecule has 3 rings (SSSR count). The number of carbonyl (C=O) groups excluding carboxylic acids is 1. The van der Waals surface area contributed by atoms with E-state index in [0.29, 0.717) is 19.6 Å². The molecule has 0 spiro atoms. The van der Waals surface area contributed by atoms with Crippen LogP contribution in [0.25, 0.3) is 0 Å². The van der Waals surface area contributed by atoms with E-state index in [-0.39, 0.29) is 29.8 Å². The van der Waals surface area contributed by atoms with Gasteiger partial charge in [0, 0.05) is 45.6 Å². The van der Waals surface area contributed by atoms with Gasteiger partial charge in [-0.25, -0.2) is 8.42 Å². The summed E-state index contributed by atoms with van der Waals surface area (Å²) in [4.78, 5) is 14.5. The first kappa shape index (κ1) is 19.1. The second-order valence-electron chi connectivity index (χ2n) is 6.36. The number of nitrogens with zero attached hydrogens (tertiary/aromatic N) is 6. The number of rotatable bonds is 5. The highest BCUT2D eigenvalue weighted by Crippen LogP contribution is 2.18. The predicted molar refractivity (Wildman–Crippen MR) is 97.6 cm³/mol. The van der Waals surface area contributed by atoms with Gasteiger partial charge in [0.2, 0.25) is 15.9 Å². The molecule has 2 aromatic heterocycles. The van der Waals surface area contributed by atoms with Crippen LogP contribution in [-0.2, 0) is 28.4 Å². The van der Waals surface area contributed by atoms with Crippen LogP contribution in [0.1, 0.15) is 6.92 Å². The van der Waals surface area contributed by atoms with Gasteiger partial charge in [0.1, 0.15) is 4.90 Å². The lowest BCUT2D eigenvalue weighted by atomic mass is 10.1. The van der Waals surface area contributed by atoms with Gasteiger partial charge in [-0.2, -0.15) is 14.5 Å². The minimum absolute atomic E-state index is 0.00930. The highest BCUT2D eigenvalue weighted by atomic mass is 79.9. The minimum Gasteiger partial charge on any atom is -0.340 e. The van der Waals surface area contributed by atoms with Gasteiger partial charge >= 0.3 is 0 Å². The SMILES string of the molecule is CC(Cn1cc(Br)cn1)C(=O)N1CCN(S(=O)(=O)c2cnn(C)c2)CC1. The Kier molecular flexibility index (Phi) is 5.49. The second-order valence-corrected chi connectivity index (χ2v) is 9.21. The molecule has 0 N–H and O–H groups in total. The Morgan fingerprint density at radius 1 is 1.19 bits per heavy atom. The Labute approximate surface area is 160 Å². The van der Waals surface area contributed by atoms with Gasteiger partial charge in [0.05, 0.1) is 29.3 Å². The zero-order valence-corrected chi connectivity index (χ0v) is 17.0. The van der Waals surface area contributed by atoms with Crippen molar-refractivity contribution in [1.29, 1.82) is 0 Å². The first-order valence-corrected chi connectivity index (χ1v) is 10.5. The van der Waals surface area contributed by atoms with E-state index in [1.165, 1.54) is 21.4 Å². The van der Waals surface area contributed by atoms with Gasteiger partial charge in [-0.15, -0.1) is 0 Å². The van der Waals surface area contributed by atoms with Crippen LogP contribution >= 0.6 is 15.9 Å². The van der Waals surface area contributed by atoms with Crippen LogP contribution in [0.2, 0.25) is 0 Å². The molecule has 1 saturated heterocycles. The summed E-state index contributed by atoms with van der Waals surface area (Å²) in [7, 11) is -1.89. The summed E-state index contributed by atoms with van der Waals surface area (Å²) >= 11 is 3.33. The molecule has 1 aliphatic rings. The van der Waals surface area contributed by atoms with Crippen LogP contribution in [0, 0.1) is 5.92 Å². The Hall–Kier alpha value is -1.72. The third-order valence-electron chi connectivity index (χ3n) is 4.35. The van der Waals surface area contributed by atoms with Crippen molar-refractivity contribution in [2.75, 3.05) is 26.2 Å². The Balaban J connectivity index is 1.58. The standard InChI is InChI=1S/C15H21BrN6O3S/c1-12(9-21-10-13(16)7-18-21)15(23)20-3-5-22(6-4-20)26(24,25)14-8-17-19(2)11-14/h7-8,10-12H,3-6,9H2,1-2H3. The Bertz CT molecular complexity index is 885. The van der Waals surface area contributed by atoms with E-state index in [2.05, 4.69) is 26.1 Å². The maximum absolute atomic E-state index is 12.6. The lowest BCUT2D eigenvalue weighted by molar-refractivity contribution is -0.136. The lowest BCUT2D eigenvalue weighted by Gasteiger charge is -2.35. The fourth-order valence-electron chi connectivity index (χ4n) is 2.94.